The van der Waals surface area contributed by atoms with Crippen molar-refractivity contribution in [1.29, 1.82) is 0 Å². The van der Waals surface area contributed by atoms with Gasteiger partial charge in [0.25, 0.3) is 0 Å². The van der Waals surface area contributed by atoms with E-state index in [2.05, 4.69) is 16.9 Å². The van der Waals surface area contributed by atoms with E-state index in [4.69, 9.17) is 5.11 Å². The molecule has 0 aliphatic rings. The van der Waals surface area contributed by atoms with Crippen molar-refractivity contribution in [3.8, 4) is 11.3 Å². The Morgan fingerprint density at radius 2 is 2.26 bits per heavy atom. The fraction of sp³-hybridized carbons (Fsp3) is 0.154. The molecular formula is C13H12FN3O2. The summed E-state index contributed by atoms with van der Waals surface area (Å²) in [5.74, 6) is -1.65. The molecule has 0 fully saturated rings. The third-order valence-corrected chi connectivity index (χ3v) is 2.46. The fourth-order valence-electron chi connectivity index (χ4n) is 1.74. The Morgan fingerprint density at radius 1 is 1.53 bits per heavy atom. The second-order valence-corrected chi connectivity index (χ2v) is 4.22. The van der Waals surface area contributed by atoms with E-state index < -0.39 is 11.8 Å². The molecule has 0 saturated carbocycles. The van der Waals surface area contributed by atoms with Gasteiger partial charge in [0.05, 0.1) is 6.54 Å². The van der Waals surface area contributed by atoms with Gasteiger partial charge in [0.1, 0.15) is 11.5 Å². The van der Waals surface area contributed by atoms with Crippen molar-refractivity contribution in [1.82, 2.24) is 15.0 Å². The SMILES string of the molecule is C=C(C)Cn1nnc(C(=O)O)c1-c1cccc(F)c1. The number of nitrogens with zero attached hydrogens (tertiary/aromatic N) is 3. The van der Waals surface area contributed by atoms with Crippen molar-refractivity contribution in [2.24, 2.45) is 0 Å². The van der Waals surface area contributed by atoms with Gasteiger partial charge >= 0.3 is 5.97 Å². The Bertz CT molecular complexity index is 649. The molecule has 0 amide bonds. The summed E-state index contributed by atoms with van der Waals surface area (Å²) in [6.45, 7) is 5.86. The summed E-state index contributed by atoms with van der Waals surface area (Å²) in [4.78, 5) is 11.1. The summed E-state index contributed by atoms with van der Waals surface area (Å²) in [6.07, 6.45) is 0. The minimum atomic E-state index is -1.20. The average Bonchev–Trinajstić information content (AvgIpc) is 2.71. The summed E-state index contributed by atoms with van der Waals surface area (Å²) in [6, 6.07) is 5.66. The van der Waals surface area contributed by atoms with Gasteiger partial charge in [-0.1, -0.05) is 29.5 Å². The molecule has 0 bridgehead atoms. The van der Waals surface area contributed by atoms with Crippen LogP contribution in [0.2, 0.25) is 0 Å². The molecule has 2 aromatic rings. The standard InChI is InChI=1S/C13H12FN3O2/c1-8(2)7-17-12(11(13(18)19)15-16-17)9-4-3-5-10(14)6-9/h3-6H,1,7H2,2H3,(H,18,19). The maximum atomic E-state index is 13.3. The van der Waals surface area contributed by atoms with Crippen LogP contribution in [0.15, 0.2) is 36.4 Å². The van der Waals surface area contributed by atoms with Crippen molar-refractivity contribution in [3.05, 3.63) is 47.9 Å². The number of halogens is 1. The Labute approximate surface area is 109 Å². The molecule has 1 aromatic carbocycles. The van der Waals surface area contributed by atoms with Crippen LogP contribution >= 0.6 is 0 Å². The number of carbonyl (C=O) groups is 1. The average molecular weight is 261 g/mol. The smallest absolute Gasteiger partial charge is 0.358 e. The normalized spacial score (nSPS) is 10.4. The van der Waals surface area contributed by atoms with Gasteiger partial charge in [-0.3, -0.25) is 0 Å². The number of hydrogen-bond donors (Lipinski definition) is 1. The zero-order valence-electron chi connectivity index (χ0n) is 10.3. The summed E-state index contributed by atoms with van der Waals surface area (Å²) < 4.78 is 14.7. The molecule has 0 saturated heterocycles. The molecule has 1 N–H and O–H groups in total. The van der Waals surface area contributed by atoms with E-state index in [0.717, 1.165) is 5.57 Å². The van der Waals surface area contributed by atoms with Crippen LogP contribution in [0.3, 0.4) is 0 Å². The van der Waals surface area contributed by atoms with Gasteiger partial charge in [0.15, 0.2) is 5.69 Å². The summed E-state index contributed by atoms with van der Waals surface area (Å²) in [7, 11) is 0. The second kappa shape index (κ2) is 5.01. The van der Waals surface area contributed by atoms with Crippen LogP contribution in [0.25, 0.3) is 11.3 Å². The predicted molar refractivity (Wildman–Crippen MR) is 67.2 cm³/mol. The number of aromatic carboxylic acids is 1. The van der Waals surface area contributed by atoms with E-state index in [1.54, 1.807) is 13.0 Å². The second-order valence-electron chi connectivity index (χ2n) is 4.22. The van der Waals surface area contributed by atoms with Crippen LogP contribution in [-0.4, -0.2) is 26.1 Å². The molecule has 0 aliphatic heterocycles. The highest BCUT2D eigenvalue weighted by atomic mass is 19.1. The van der Waals surface area contributed by atoms with E-state index in [0.29, 0.717) is 12.1 Å². The van der Waals surface area contributed by atoms with Gasteiger partial charge in [-0.2, -0.15) is 0 Å². The molecular weight excluding hydrogens is 249 g/mol. The van der Waals surface area contributed by atoms with Gasteiger partial charge < -0.3 is 5.11 Å². The summed E-state index contributed by atoms with van der Waals surface area (Å²) in [5, 5.41) is 16.5. The van der Waals surface area contributed by atoms with Crippen LogP contribution in [0.5, 0.6) is 0 Å². The zero-order chi connectivity index (χ0) is 14.0. The number of benzene rings is 1. The first kappa shape index (κ1) is 12.9. The highest BCUT2D eigenvalue weighted by molar-refractivity contribution is 5.92. The van der Waals surface area contributed by atoms with Gasteiger partial charge in [-0.05, 0) is 19.1 Å². The van der Waals surface area contributed by atoms with E-state index in [-0.39, 0.29) is 11.4 Å². The maximum Gasteiger partial charge on any atom is 0.358 e. The molecule has 0 unspecified atom stereocenters. The zero-order valence-corrected chi connectivity index (χ0v) is 10.3. The maximum absolute atomic E-state index is 13.3. The molecule has 19 heavy (non-hydrogen) atoms. The van der Waals surface area contributed by atoms with Gasteiger partial charge in [-0.15, -0.1) is 5.10 Å². The van der Waals surface area contributed by atoms with Crippen molar-refractivity contribution >= 4 is 5.97 Å². The largest absolute Gasteiger partial charge is 0.476 e. The quantitative estimate of drug-likeness (QED) is 0.858. The molecule has 0 spiro atoms. The number of aromatic nitrogens is 3. The lowest BCUT2D eigenvalue weighted by molar-refractivity contribution is 0.0691. The lowest BCUT2D eigenvalue weighted by Crippen LogP contribution is -2.05. The van der Waals surface area contributed by atoms with Crippen LogP contribution in [0.4, 0.5) is 4.39 Å². The van der Waals surface area contributed by atoms with E-state index in [9.17, 15) is 9.18 Å². The first-order valence-corrected chi connectivity index (χ1v) is 5.56. The van der Waals surface area contributed by atoms with Crippen LogP contribution < -0.4 is 0 Å². The number of carboxylic acids is 1. The molecule has 0 aliphatic carbocycles. The predicted octanol–water partition coefficient (Wildman–Crippen LogP) is 2.36. The molecule has 0 radical (unpaired) electrons. The number of rotatable bonds is 4. The van der Waals surface area contributed by atoms with Crippen LogP contribution in [0.1, 0.15) is 17.4 Å². The highest BCUT2D eigenvalue weighted by Crippen LogP contribution is 2.23. The van der Waals surface area contributed by atoms with Gasteiger partial charge in [0.2, 0.25) is 0 Å². The first-order chi connectivity index (χ1) is 8.99. The first-order valence-electron chi connectivity index (χ1n) is 5.56. The minimum absolute atomic E-state index is 0.202. The lowest BCUT2D eigenvalue weighted by Gasteiger charge is -2.07. The topological polar surface area (TPSA) is 68.0 Å². The molecule has 0 atom stereocenters. The van der Waals surface area contributed by atoms with E-state index >= 15 is 0 Å². The third-order valence-electron chi connectivity index (χ3n) is 2.46. The Morgan fingerprint density at radius 3 is 2.84 bits per heavy atom. The summed E-state index contributed by atoms with van der Waals surface area (Å²) >= 11 is 0. The van der Waals surface area contributed by atoms with Gasteiger partial charge in [-0.25, -0.2) is 13.9 Å². The minimum Gasteiger partial charge on any atom is -0.476 e. The molecule has 98 valence electrons. The van der Waals surface area contributed by atoms with Crippen molar-refractivity contribution in [3.63, 3.8) is 0 Å². The summed E-state index contributed by atoms with van der Waals surface area (Å²) in [5.41, 5.74) is 1.28. The van der Waals surface area contributed by atoms with Crippen LogP contribution in [0, 0.1) is 5.82 Å². The molecule has 6 heteroatoms. The Balaban J connectivity index is 2.61. The monoisotopic (exact) mass is 261 g/mol. The van der Waals surface area contributed by atoms with Crippen molar-refractivity contribution in [2.75, 3.05) is 0 Å². The molecule has 2 rings (SSSR count). The Hall–Kier alpha value is -2.50. The van der Waals surface area contributed by atoms with Crippen LogP contribution in [-0.2, 0) is 6.54 Å². The fourth-order valence-corrected chi connectivity index (χ4v) is 1.74. The Kier molecular flexibility index (Phi) is 3.41. The third kappa shape index (κ3) is 2.67. The molecule has 1 aromatic heterocycles. The van der Waals surface area contributed by atoms with Gasteiger partial charge in [0, 0.05) is 5.56 Å². The number of carboxylic acid groups (broad SMARTS) is 1. The molecule has 5 nitrogen and oxygen atoms in total. The van der Waals surface area contributed by atoms with E-state index in [1.165, 1.54) is 22.9 Å². The molecule has 1 heterocycles. The lowest BCUT2D eigenvalue weighted by atomic mass is 10.1. The highest BCUT2D eigenvalue weighted by Gasteiger charge is 2.20. The van der Waals surface area contributed by atoms with Crippen molar-refractivity contribution in [2.45, 2.75) is 13.5 Å². The number of allylic oxidation sites excluding steroid dienone is 1. The van der Waals surface area contributed by atoms with Crippen molar-refractivity contribution < 1.29 is 14.3 Å². The number of hydrogen-bond acceptors (Lipinski definition) is 3. The van der Waals surface area contributed by atoms with E-state index in [1.807, 2.05) is 0 Å².